The monoisotopic (exact) mass is 548 g/mol. The Labute approximate surface area is 210 Å². The molecular weight excluding hydrogens is 524 g/mol. The molecule has 0 aliphatic carbocycles. The highest BCUT2D eigenvalue weighted by Crippen LogP contribution is 2.36. The van der Waals surface area contributed by atoms with Crippen LogP contribution in [0.4, 0.5) is 5.69 Å². The first-order valence-electron chi connectivity index (χ1n) is 10.6. The number of methoxy groups -OCH3 is 2. The number of rotatable bonds is 8. The summed E-state index contributed by atoms with van der Waals surface area (Å²) in [5, 5.41) is 6.28. The van der Waals surface area contributed by atoms with Gasteiger partial charge in [0.15, 0.2) is 18.1 Å². The van der Waals surface area contributed by atoms with Crippen molar-refractivity contribution in [1.29, 1.82) is 0 Å². The molecule has 2 N–H and O–H groups in total. The molecule has 1 saturated heterocycles. The summed E-state index contributed by atoms with van der Waals surface area (Å²) in [7, 11) is 2.99. The van der Waals surface area contributed by atoms with Crippen molar-refractivity contribution in [3.63, 3.8) is 0 Å². The molecule has 1 aliphatic heterocycles. The standard InChI is InChI=1S/C23H25BrN4O7/c1-32-17-5-3-16(4-6-17)26-22(30)23(31)27-25-13-15-11-18(24)21(19(12-15)33-2)35-14-20(29)28-7-9-34-10-8-28/h3-6,11-13H,7-10,14H2,1-2H3,(H,26,30)(H,27,31)/b25-13-. The molecule has 1 aliphatic rings. The number of hydrogen-bond donors (Lipinski definition) is 2. The minimum atomic E-state index is -0.940. The zero-order valence-corrected chi connectivity index (χ0v) is 20.8. The highest BCUT2D eigenvalue weighted by Gasteiger charge is 2.19. The van der Waals surface area contributed by atoms with Crippen molar-refractivity contribution in [3.8, 4) is 17.2 Å². The van der Waals surface area contributed by atoms with E-state index >= 15 is 0 Å². The van der Waals surface area contributed by atoms with Gasteiger partial charge in [-0.25, -0.2) is 5.43 Å². The van der Waals surface area contributed by atoms with E-state index in [1.54, 1.807) is 41.3 Å². The second-order valence-electron chi connectivity index (χ2n) is 7.20. The number of benzene rings is 2. The van der Waals surface area contributed by atoms with Gasteiger partial charge in [-0.2, -0.15) is 5.10 Å². The van der Waals surface area contributed by atoms with E-state index in [9.17, 15) is 14.4 Å². The number of amides is 3. The minimum Gasteiger partial charge on any atom is -0.497 e. The van der Waals surface area contributed by atoms with Gasteiger partial charge < -0.3 is 29.2 Å². The SMILES string of the molecule is COc1ccc(NC(=O)C(=O)N/N=C\c2cc(Br)c(OCC(=O)N3CCOCC3)c(OC)c2)cc1. The number of nitrogens with one attached hydrogen (secondary N) is 2. The summed E-state index contributed by atoms with van der Waals surface area (Å²) in [6.45, 7) is 1.92. The van der Waals surface area contributed by atoms with Crippen molar-refractivity contribution in [2.24, 2.45) is 5.10 Å². The van der Waals surface area contributed by atoms with E-state index in [0.717, 1.165) is 0 Å². The first-order chi connectivity index (χ1) is 16.9. The first-order valence-corrected chi connectivity index (χ1v) is 11.3. The first kappa shape index (κ1) is 26.0. The van der Waals surface area contributed by atoms with E-state index in [2.05, 4.69) is 31.8 Å². The van der Waals surface area contributed by atoms with Gasteiger partial charge in [-0.3, -0.25) is 14.4 Å². The maximum absolute atomic E-state index is 12.3. The molecule has 0 saturated carbocycles. The molecule has 3 rings (SSSR count). The van der Waals surface area contributed by atoms with Crippen LogP contribution in [0, 0.1) is 0 Å². The van der Waals surface area contributed by atoms with Crippen LogP contribution in [0.1, 0.15) is 5.56 Å². The van der Waals surface area contributed by atoms with Crippen molar-refractivity contribution < 1.29 is 33.3 Å². The Morgan fingerprint density at radius 2 is 1.80 bits per heavy atom. The molecule has 1 fully saturated rings. The van der Waals surface area contributed by atoms with Gasteiger partial charge in [0.05, 0.1) is 38.1 Å². The molecule has 0 unspecified atom stereocenters. The lowest BCUT2D eigenvalue weighted by Crippen LogP contribution is -2.43. The smallest absolute Gasteiger partial charge is 0.329 e. The summed E-state index contributed by atoms with van der Waals surface area (Å²) in [5.74, 6) is -0.625. The Bertz CT molecular complexity index is 1090. The van der Waals surface area contributed by atoms with Gasteiger partial charge in [-0.1, -0.05) is 0 Å². The average Bonchev–Trinajstić information content (AvgIpc) is 2.88. The summed E-state index contributed by atoms with van der Waals surface area (Å²) >= 11 is 3.40. The van der Waals surface area contributed by atoms with Crippen molar-refractivity contribution in [3.05, 3.63) is 46.4 Å². The molecule has 35 heavy (non-hydrogen) atoms. The zero-order valence-electron chi connectivity index (χ0n) is 19.2. The van der Waals surface area contributed by atoms with E-state index in [1.807, 2.05) is 0 Å². The van der Waals surface area contributed by atoms with Crippen molar-refractivity contribution in [2.45, 2.75) is 0 Å². The molecule has 0 bridgehead atoms. The van der Waals surface area contributed by atoms with Crippen molar-refractivity contribution in [2.75, 3.05) is 52.4 Å². The third kappa shape index (κ3) is 7.42. The third-order valence-corrected chi connectivity index (χ3v) is 5.48. The number of carbonyl (C=O) groups excluding carboxylic acids is 3. The molecule has 11 nitrogen and oxygen atoms in total. The van der Waals surface area contributed by atoms with Crippen molar-refractivity contribution in [1.82, 2.24) is 10.3 Å². The summed E-state index contributed by atoms with van der Waals surface area (Å²) in [6, 6.07) is 9.81. The Morgan fingerprint density at radius 1 is 1.09 bits per heavy atom. The van der Waals surface area contributed by atoms with Gasteiger partial charge in [-0.05, 0) is 57.9 Å². The summed E-state index contributed by atoms with van der Waals surface area (Å²) < 4.78 is 21.9. The fourth-order valence-corrected chi connectivity index (χ4v) is 3.64. The number of hydrogen-bond acceptors (Lipinski definition) is 8. The number of carbonyl (C=O) groups is 3. The van der Waals surface area contributed by atoms with Crippen LogP contribution < -0.4 is 25.0 Å². The van der Waals surface area contributed by atoms with Gasteiger partial charge in [0, 0.05) is 18.8 Å². The predicted octanol–water partition coefficient (Wildman–Crippen LogP) is 1.79. The Kier molecular flexibility index (Phi) is 9.44. The van der Waals surface area contributed by atoms with E-state index in [1.165, 1.54) is 20.4 Å². The number of hydrazone groups is 1. The van der Waals surface area contributed by atoms with Crippen molar-refractivity contribution >= 4 is 45.6 Å². The molecule has 186 valence electrons. The maximum Gasteiger partial charge on any atom is 0.329 e. The van der Waals surface area contributed by atoms with E-state index in [4.69, 9.17) is 18.9 Å². The predicted molar refractivity (Wildman–Crippen MR) is 131 cm³/mol. The number of halogens is 1. The molecular formula is C23H25BrN4O7. The van der Waals surface area contributed by atoms with Crippen LogP contribution in [-0.4, -0.2) is 76.0 Å². The van der Waals surface area contributed by atoms with Crippen LogP contribution in [0.25, 0.3) is 0 Å². The second kappa shape index (κ2) is 12.7. The normalized spacial score (nSPS) is 13.3. The second-order valence-corrected chi connectivity index (χ2v) is 8.05. The topological polar surface area (TPSA) is 128 Å². The van der Waals surface area contributed by atoms with Crippen LogP contribution in [0.2, 0.25) is 0 Å². The number of ether oxygens (including phenoxy) is 4. The molecule has 0 radical (unpaired) electrons. The van der Waals surface area contributed by atoms with Gasteiger partial charge >= 0.3 is 11.8 Å². The summed E-state index contributed by atoms with van der Waals surface area (Å²) in [5.41, 5.74) is 3.16. The highest BCUT2D eigenvalue weighted by atomic mass is 79.9. The fraction of sp³-hybridized carbons (Fsp3) is 0.304. The fourth-order valence-electron chi connectivity index (χ4n) is 3.07. The van der Waals surface area contributed by atoms with Crippen LogP contribution in [0.3, 0.4) is 0 Å². The van der Waals surface area contributed by atoms with Crippen LogP contribution in [-0.2, 0) is 19.1 Å². The largest absolute Gasteiger partial charge is 0.497 e. The molecule has 1 heterocycles. The van der Waals surface area contributed by atoms with E-state index in [-0.39, 0.29) is 12.5 Å². The molecule has 0 aromatic heterocycles. The van der Waals surface area contributed by atoms with Crippen LogP contribution in [0.15, 0.2) is 46.0 Å². The van der Waals surface area contributed by atoms with Crippen LogP contribution in [0.5, 0.6) is 17.2 Å². The molecule has 12 heteroatoms. The molecule has 0 spiro atoms. The van der Waals surface area contributed by atoms with E-state index in [0.29, 0.717) is 59.3 Å². The number of morpholine rings is 1. The molecule has 0 atom stereocenters. The van der Waals surface area contributed by atoms with Crippen LogP contribution >= 0.6 is 15.9 Å². The van der Waals surface area contributed by atoms with Gasteiger partial charge in [0.1, 0.15) is 5.75 Å². The van der Waals surface area contributed by atoms with E-state index < -0.39 is 11.8 Å². The average molecular weight is 549 g/mol. The summed E-state index contributed by atoms with van der Waals surface area (Å²) in [6.07, 6.45) is 1.34. The van der Waals surface area contributed by atoms with Gasteiger partial charge in [0.25, 0.3) is 5.91 Å². The summed E-state index contributed by atoms with van der Waals surface area (Å²) in [4.78, 5) is 38.1. The zero-order chi connectivity index (χ0) is 25.2. The van der Waals surface area contributed by atoms with Gasteiger partial charge in [-0.15, -0.1) is 0 Å². The lowest BCUT2D eigenvalue weighted by Gasteiger charge is -2.26. The lowest BCUT2D eigenvalue weighted by molar-refractivity contribution is -0.137. The third-order valence-electron chi connectivity index (χ3n) is 4.89. The Balaban J connectivity index is 1.56. The number of anilines is 1. The maximum atomic E-state index is 12.3. The minimum absolute atomic E-state index is 0.150. The number of nitrogens with zero attached hydrogens (tertiary/aromatic N) is 2. The Hall–Kier alpha value is -3.64. The quantitative estimate of drug-likeness (QED) is 0.292. The Morgan fingerprint density at radius 3 is 2.46 bits per heavy atom. The molecule has 2 aromatic carbocycles. The lowest BCUT2D eigenvalue weighted by atomic mass is 10.2. The molecule has 2 aromatic rings. The molecule has 3 amide bonds. The highest BCUT2D eigenvalue weighted by molar-refractivity contribution is 9.10. The van der Waals surface area contributed by atoms with Gasteiger partial charge in [0.2, 0.25) is 0 Å².